The van der Waals surface area contributed by atoms with Crippen LogP contribution in [-0.4, -0.2) is 24.3 Å². The molecule has 0 radical (unpaired) electrons. The Morgan fingerprint density at radius 3 is 2.33 bits per heavy atom. The monoisotopic (exact) mass is 298 g/mol. The fourth-order valence-electron chi connectivity index (χ4n) is 2.02. The molecular weight excluding hydrogens is 284 g/mol. The van der Waals surface area contributed by atoms with Gasteiger partial charge in [-0.15, -0.1) is 0 Å². The van der Waals surface area contributed by atoms with Gasteiger partial charge in [0.05, 0.1) is 18.2 Å². The lowest BCUT2D eigenvalue weighted by Crippen LogP contribution is -2.25. The average molecular weight is 299 g/mol. The highest BCUT2D eigenvalue weighted by atomic mass is 35.5. The van der Waals surface area contributed by atoms with Gasteiger partial charge in [-0.05, 0) is 36.9 Å². The van der Waals surface area contributed by atoms with Crippen molar-refractivity contribution in [3.8, 4) is 6.07 Å². The summed E-state index contributed by atoms with van der Waals surface area (Å²) in [6.45, 7) is 1.01. The van der Waals surface area contributed by atoms with Crippen molar-refractivity contribution in [2.75, 3.05) is 13.6 Å². The summed E-state index contributed by atoms with van der Waals surface area (Å²) in [5, 5.41) is 9.45. The molecule has 4 heteroatoms. The van der Waals surface area contributed by atoms with Crippen LogP contribution in [0, 0.1) is 11.3 Å². The van der Waals surface area contributed by atoms with Crippen LogP contribution >= 0.6 is 11.6 Å². The minimum Gasteiger partial charge on any atom is -0.295 e. The van der Waals surface area contributed by atoms with Crippen LogP contribution in [0.3, 0.4) is 0 Å². The molecule has 0 amide bonds. The molecule has 0 aliphatic heterocycles. The molecule has 2 aromatic carbocycles. The zero-order valence-corrected chi connectivity index (χ0v) is 12.5. The number of hydrogen-bond donors (Lipinski definition) is 0. The molecule has 21 heavy (non-hydrogen) atoms. The molecule has 0 atom stereocenters. The summed E-state index contributed by atoms with van der Waals surface area (Å²) < 4.78 is 0. The van der Waals surface area contributed by atoms with E-state index in [1.165, 1.54) is 0 Å². The van der Waals surface area contributed by atoms with Crippen molar-refractivity contribution in [3.05, 3.63) is 70.2 Å². The van der Waals surface area contributed by atoms with E-state index in [0.29, 0.717) is 29.2 Å². The molecule has 0 saturated heterocycles. The number of halogens is 1. The molecule has 0 aromatic heterocycles. The van der Waals surface area contributed by atoms with Crippen molar-refractivity contribution in [2.24, 2.45) is 0 Å². The summed E-state index contributed by atoms with van der Waals surface area (Å²) in [4.78, 5) is 14.1. The SMILES string of the molecule is CN(CC(=O)c1ccc(C#N)cc1)Cc1ccc(Cl)cc1. The van der Waals surface area contributed by atoms with Gasteiger partial charge in [0.15, 0.2) is 5.78 Å². The summed E-state index contributed by atoms with van der Waals surface area (Å²) in [6, 6.07) is 16.3. The van der Waals surface area contributed by atoms with Crippen LogP contribution in [0.15, 0.2) is 48.5 Å². The zero-order valence-electron chi connectivity index (χ0n) is 11.7. The number of nitriles is 1. The van der Waals surface area contributed by atoms with Crippen molar-refractivity contribution in [3.63, 3.8) is 0 Å². The smallest absolute Gasteiger partial charge is 0.176 e. The van der Waals surface area contributed by atoms with Gasteiger partial charge in [0.25, 0.3) is 0 Å². The summed E-state index contributed by atoms with van der Waals surface area (Å²) in [6.07, 6.45) is 0. The Kier molecular flexibility index (Phi) is 5.10. The fourth-order valence-corrected chi connectivity index (χ4v) is 2.15. The molecule has 2 aromatic rings. The van der Waals surface area contributed by atoms with Gasteiger partial charge in [0.1, 0.15) is 0 Å². The molecule has 0 spiro atoms. The van der Waals surface area contributed by atoms with Gasteiger partial charge >= 0.3 is 0 Å². The van der Waals surface area contributed by atoms with Gasteiger partial charge < -0.3 is 0 Å². The maximum absolute atomic E-state index is 12.2. The van der Waals surface area contributed by atoms with Crippen molar-refractivity contribution in [1.82, 2.24) is 4.90 Å². The number of carbonyl (C=O) groups is 1. The van der Waals surface area contributed by atoms with E-state index in [9.17, 15) is 4.79 Å². The van der Waals surface area contributed by atoms with Gasteiger partial charge in [-0.1, -0.05) is 35.9 Å². The van der Waals surface area contributed by atoms with Crippen LogP contribution in [0.1, 0.15) is 21.5 Å². The molecule has 0 saturated carbocycles. The molecule has 0 N–H and O–H groups in total. The third-order valence-corrected chi connectivity index (χ3v) is 3.37. The fraction of sp³-hybridized carbons (Fsp3) is 0.176. The van der Waals surface area contributed by atoms with E-state index in [1.54, 1.807) is 24.3 Å². The van der Waals surface area contributed by atoms with Gasteiger partial charge in [-0.3, -0.25) is 9.69 Å². The standard InChI is InChI=1S/C17H15ClN2O/c1-20(11-14-4-8-16(18)9-5-14)12-17(21)15-6-2-13(10-19)3-7-15/h2-9H,11-12H2,1H3. The van der Waals surface area contributed by atoms with Crippen molar-refractivity contribution >= 4 is 17.4 Å². The third kappa shape index (κ3) is 4.42. The van der Waals surface area contributed by atoms with Crippen molar-refractivity contribution < 1.29 is 4.79 Å². The van der Waals surface area contributed by atoms with Crippen LogP contribution in [-0.2, 0) is 6.54 Å². The summed E-state index contributed by atoms with van der Waals surface area (Å²) in [5.74, 6) is 0.0379. The number of ketones is 1. The first-order valence-electron chi connectivity index (χ1n) is 6.55. The van der Waals surface area contributed by atoms with E-state index >= 15 is 0 Å². The molecule has 2 rings (SSSR count). The summed E-state index contributed by atoms with van der Waals surface area (Å²) in [7, 11) is 1.90. The van der Waals surface area contributed by atoms with Crippen LogP contribution in [0.25, 0.3) is 0 Å². The highest BCUT2D eigenvalue weighted by Gasteiger charge is 2.09. The lowest BCUT2D eigenvalue weighted by molar-refractivity contribution is 0.0943. The lowest BCUT2D eigenvalue weighted by atomic mass is 10.1. The van der Waals surface area contributed by atoms with Gasteiger partial charge in [-0.2, -0.15) is 5.26 Å². The number of Topliss-reactive ketones (excluding diaryl/α,β-unsaturated/α-hetero) is 1. The summed E-state index contributed by atoms with van der Waals surface area (Å²) >= 11 is 5.85. The lowest BCUT2D eigenvalue weighted by Gasteiger charge is -2.16. The number of benzene rings is 2. The number of hydrogen-bond acceptors (Lipinski definition) is 3. The van der Waals surface area contributed by atoms with E-state index in [2.05, 4.69) is 0 Å². The quantitative estimate of drug-likeness (QED) is 0.793. The molecule has 0 aliphatic carbocycles. The molecule has 0 fully saturated rings. The molecule has 3 nitrogen and oxygen atoms in total. The Labute approximate surface area is 129 Å². The van der Waals surface area contributed by atoms with Crippen LogP contribution in [0.5, 0.6) is 0 Å². The predicted molar refractivity (Wildman–Crippen MR) is 83.3 cm³/mol. The van der Waals surface area contributed by atoms with Crippen LogP contribution in [0.2, 0.25) is 5.02 Å². The van der Waals surface area contributed by atoms with E-state index in [0.717, 1.165) is 5.56 Å². The molecule has 0 unspecified atom stereocenters. The first kappa shape index (κ1) is 15.2. The first-order chi connectivity index (χ1) is 10.1. The van der Waals surface area contributed by atoms with E-state index in [1.807, 2.05) is 42.3 Å². The Balaban J connectivity index is 1.95. The van der Waals surface area contributed by atoms with Gasteiger partial charge in [-0.25, -0.2) is 0 Å². The van der Waals surface area contributed by atoms with Gasteiger partial charge in [0, 0.05) is 17.1 Å². The minimum atomic E-state index is 0.0379. The molecular formula is C17H15ClN2O. The maximum atomic E-state index is 12.2. The highest BCUT2D eigenvalue weighted by molar-refractivity contribution is 6.30. The Morgan fingerprint density at radius 1 is 1.14 bits per heavy atom. The normalized spacial score (nSPS) is 10.4. The second kappa shape index (κ2) is 7.03. The summed E-state index contributed by atoms with van der Waals surface area (Å²) in [5.41, 5.74) is 2.28. The van der Waals surface area contributed by atoms with Crippen molar-refractivity contribution in [1.29, 1.82) is 5.26 Å². The zero-order chi connectivity index (χ0) is 15.2. The Hall–Kier alpha value is -2.15. The van der Waals surface area contributed by atoms with E-state index < -0.39 is 0 Å². The van der Waals surface area contributed by atoms with Crippen LogP contribution in [0.4, 0.5) is 0 Å². The van der Waals surface area contributed by atoms with Crippen molar-refractivity contribution in [2.45, 2.75) is 6.54 Å². The highest BCUT2D eigenvalue weighted by Crippen LogP contribution is 2.11. The second-order valence-corrected chi connectivity index (χ2v) is 5.35. The predicted octanol–water partition coefficient (Wildman–Crippen LogP) is 3.53. The van der Waals surface area contributed by atoms with E-state index in [4.69, 9.17) is 16.9 Å². The molecule has 0 aliphatic rings. The molecule has 0 heterocycles. The molecule has 0 bridgehead atoms. The van der Waals surface area contributed by atoms with Crippen LogP contribution < -0.4 is 0 Å². The number of nitrogens with zero attached hydrogens (tertiary/aromatic N) is 2. The van der Waals surface area contributed by atoms with E-state index in [-0.39, 0.29) is 5.78 Å². The number of carbonyl (C=O) groups excluding carboxylic acids is 1. The average Bonchev–Trinajstić information content (AvgIpc) is 2.49. The minimum absolute atomic E-state index is 0.0379. The largest absolute Gasteiger partial charge is 0.295 e. The molecule has 106 valence electrons. The third-order valence-electron chi connectivity index (χ3n) is 3.12. The number of rotatable bonds is 5. The Bertz CT molecular complexity index is 657. The Morgan fingerprint density at radius 2 is 1.76 bits per heavy atom. The van der Waals surface area contributed by atoms with Gasteiger partial charge in [0.2, 0.25) is 0 Å². The topological polar surface area (TPSA) is 44.1 Å². The first-order valence-corrected chi connectivity index (χ1v) is 6.92. The maximum Gasteiger partial charge on any atom is 0.176 e. The number of likely N-dealkylation sites (N-methyl/N-ethyl adjacent to an activating group) is 1. The second-order valence-electron chi connectivity index (χ2n) is 4.91.